The summed E-state index contributed by atoms with van der Waals surface area (Å²) in [7, 11) is 1.94. The summed E-state index contributed by atoms with van der Waals surface area (Å²) in [6.07, 6.45) is 2.80. The van der Waals surface area contributed by atoms with Crippen LogP contribution in [0.5, 0.6) is 0 Å². The Morgan fingerprint density at radius 3 is 2.56 bits per heavy atom. The smallest absolute Gasteiger partial charge is 0.227 e. The van der Waals surface area contributed by atoms with Gasteiger partial charge in [0.15, 0.2) is 5.82 Å². The zero-order valence-electron chi connectivity index (χ0n) is 16.6. The van der Waals surface area contributed by atoms with Crippen LogP contribution in [0.1, 0.15) is 44.4 Å². The number of aliphatic imine (C=N–C) groups is 1. The molecule has 0 aliphatic carbocycles. The average Bonchev–Trinajstić information content (AvgIpc) is 3.12. The van der Waals surface area contributed by atoms with Crippen molar-refractivity contribution < 1.29 is 5.11 Å². The third kappa shape index (κ3) is 4.11. The van der Waals surface area contributed by atoms with Crippen LogP contribution in [-0.4, -0.2) is 41.0 Å². The Balaban J connectivity index is 1.95. The molecule has 2 atom stereocenters. The molecule has 27 heavy (non-hydrogen) atoms. The van der Waals surface area contributed by atoms with E-state index in [-0.39, 0.29) is 18.6 Å². The van der Waals surface area contributed by atoms with Crippen molar-refractivity contribution in [1.29, 1.82) is 0 Å². The van der Waals surface area contributed by atoms with Crippen LogP contribution < -0.4 is 10.2 Å². The Hall–Kier alpha value is -2.47. The Labute approximate surface area is 161 Å². The fraction of sp³-hybridized carbons (Fsp3) is 0.476. The number of fused-ring (bicyclic) bond motifs is 1. The molecule has 0 radical (unpaired) electrons. The molecule has 2 heterocycles. The lowest BCUT2D eigenvalue weighted by Gasteiger charge is -2.27. The van der Waals surface area contributed by atoms with Gasteiger partial charge in [-0.1, -0.05) is 51.1 Å². The molecule has 0 amide bonds. The van der Waals surface area contributed by atoms with Gasteiger partial charge in [0.05, 0.1) is 18.3 Å². The first-order valence-corrected chi connectivity index (χ1v) is 9.62. The lowest BCUT2D eigenvalue weighted by atomic mass is 9.94. The van der Waals surface area contributed by atoms with Gasteiger partial charge in [0.25, 0.3) is 0 Å². The van der Waals surface area contributed by atoms with Crippen molar-refractivity contribution in [1.82, 2.24) is 9.97 Å². The number of hydrogen-bond acceptors (Lipinski definition) is 6. The van der Waals surface area contributed by atoms with Gasteiger partial charge in [0.1, 0.15) is 5.69 Å². The second-order valence-corrected chi connectivity index (χ2v) is 7.35. The highest BCUT2D eigenvalue weighted by Crippen LogP contribution is 2.40. The summed E-state index contributed by atoms with van der Waals surface area (Å²) in [5, 5.41) is 13.1. The number of nitrogens with one attached hydrogen (secondary N) is 1. The molecule has 3 rings (SSSR count). The van der Waals surface area contributed by atoms with Crippen LogP contribution in [0, 0.1) is 5.92 Å². The van der Waals surface area contributed by atoms with Crippen molar-refractivity contribution >= 4 is 23.7 Å². The Kier molecular flexibility index (Phi) is 6.06. The molecule has 1 unspecified atom stereocenters. The van der Waals surface area contributed by atoms with Gasteiger partial charge in [-0.3, -0.25) is 4.99 Å². The third-order valence-electron chi connectivity index (χ3n) is 5.15. The zero-order chi connectivity index (χ0) is 19.4. The molecule has 1 aromatic carbocycles. The summed E-state index contributed by atoms with van der Waals surface area (Å²) in [5.74, 6) is 1.96. The van der Waals surface area contributed by atoms with E-state index < -0.39 is 0 Å². The quantitative estimate of drug-likeness (QED) is 0.743. The molecule has 6 heteroatoms. The minimum atomic E-state index is -0.00940. The summed E-state index contributed by atoms with van der Waals surface area (Å²) in [4.78, 5) is 16.2. The molecular formula is C21H29N5O. The molecule has 0 fully saturated rings. The molecule has 1 aliphatic heterocycles. The third-order valence-corrected chi connectivity index (χ3v) is 5.15. The largest absolute Gasteiger partial charge is 0.394 e. The second-order valence-electron chi connectivity index (χ2n) is 7.35. The number of nitrogens with zero attached hydrogens (tertiary/aromatic N) is 4. The average molecular weight is 367 g/mol. The summed E-state index contributed by atoms with van der Waals surface area (Å²) in [6.45, 7) is 7.16. The van der Waals surface area contributed by atoms with E-state index in [4.69, 9.17) is 9.97 Å². The van der Waals surface area contributed by atoms with Crippen LogP contribution in [-0.2, 0) is 6.54 Å². The fourth-order valence-electron chi connectivity index (χ4n) is 3.28. The van der Waals surface area contributed by atoms with Crippen LogP contribution in [0.4, 0.5) is 17.5 Å². The summed E-state index contributed by atoms with van der Waals surface area (Å²) in [6, 6.07) is 10.2. The van der Waals surface area contributed by atoms with E-state index >= 15 is 0 Å². The van der Waals surface area contributed by atoms with E-state index in [2.05, 4.69) is 43.2 Å². The van der Waals surface area contributed by atoms with E-state index in [1.807, 2.05) is 36.4 Å². The first-order chi connectivity index (χ1) is 13.0. The fourth-order valence-corrected chi connectivity index (χ4v) is 3.28. The number of aliphatic hydroxyl groups is 1. The van der Waals surface area contributed by atoms with E-state index in [1.165, 1.54) is 5.56 Å². The van der Waals surface area contributed by atoms with E-state index in [9.17, 15) is 5.11 Å². The number of likely N-dealkylation sites (N-methyl/N-ethyl adjacent to an activating group) is 1. The molecule has 0 spiro atoms. The number of aliphatic hydroxyl groups excluding tert-OH is 1. The van der Waals surface area contributed by atoms with Gasteiger partial charge in [0.2, 0.25) is 5.95 Å². The van der Waals surface area contributed by atoms with Crippen LogP contribution in [0.25, 0.3) is 0 Å². The Bertz CT molecular complexity index is 787. The van der Waals surface area contributed by atoms with E-state index in [0.29, 0.717) is 18.4 Å². The van der Waals surface area contributed by atoms with Crippen molar-refractivity contribution in [3.63, 3.8) is 0 Å². The van der Waals surface area contributed by atoms with Gasteiger partial charge in [-0.05, 0) is 17.9 Å². The van der Waals surface area contributed by atoms with Gasteiger partial charge in [-0.2, -0.15) is 4.98 Å². The van der Waals surface area contributed by atoms with Gasteiger partial charge in [0, 0.05) is 25.7 Å². The van der Waals surface area contributed by atoms with E-state index in [1.54, 1.807) is 0 Å². The van der Waals surface area contributed by atoms with Crippen molar-refractivity contribution in [2.24, 2.45) is 10.9 Å². The predicted molar refractivity (Wildman–Crippen MR) is 111 cm³/mol. The SMILES string of the molecule is CC[C@H](CO)N(C)c1nc(NCc2ccccc2)c2c(n1)C(C(C)C)C=N2. The molecule has 144 valence electrons. The molecule has 0 saturated heterocycles. The van der Waals surface area contributed by atoms with Crippen LogP contribution in [0.3, 0.4) is 0 Å². The molecule has 0 saturated carbocycles. The lowest BCUT2D eigenvalue weighted by Crippen LogP contribution is -2.35. The maximum Gasteiger partial charge on any atom is 0.227 e. The summed E-state index contributed by atoms with van der Waals surface area (Å²) in [5.41, 5.74) is 2.98. The van der Waals surface area contributed by atoms with Gasteiger partial charge in [-0.15, -0.1) is 0 Å². The molecule has 2 N–H and O–H groups in total. The standard InChI is InChI=1S/C21H29N5O/c1-5-16(13-27)26(4)21-24-18-17(14(2)3)12-22-19(18)20(25-21)23-11-15-9-7-6-8-10-15/h6-10,12,14,16-17,27H,5,11,13H2,1-4H3,(H,23,24,25)/t16-,17?/m1/s1. The Morgan fingerprint density at radius 2 is 1.93 bits per heavy atom. The second kappa shape index (κ2) is 8.48. The minimum Gasteiger partial charge on any atom is -0.394 e. The maximum absolute atomic E-state index is 9.68. The monoisotopic (exact) mass is 367 g/mol. The minimum absolute atomic E-state index is 0.00940. The molecule has 1 aliphatic rings. The predicted octanol–water partition coefficient (Wildman–Crippen LogP) is 3.75. The number of hydrogen-bond donors (Lipinski definition) is 2. The molecular weight excluding hydrogens is 338 g/mol. The molecule has 6 nitrogen and oxygen atoms in total. The first kappa shape index (κ1) is 19.3. The van der Waals surface area contributed by atoms with Gasteiger partial charge >= 0.3 is 0 Å². The van der Waals surface area contributed by atoms with Crippen molar-refractivity contribution in [3.8, 4) is 0 Å². The van der Waals surface area contributed by atoms with Crippen LogP contribution in [0.2, 0.25) is 0 Å². The number of anilines is 2. The lowest BCUT2D eigenvalue weighted by molar-refractivity contribution is 0.258. The highest BCUT2D eigenvalue weighted by Gasteiger charge is 2.29. The molecule has 0 bridgehead atoms. The topological polar surface area (TPSA) is 73.6 Å². The van der Waals surface area contributed by atoms with Gasteiger partial charge < -0.3 is 15.3 Å². The van der Waals surface area contributed by atoms with Gasteiger partial charge in [-0.25, -0.2) is 4.98 Å². The maximum atomic E-state index is 9.68. The molecule has 1 aromatic heterocycles. The highest BCUT2D eigenvalue weighted by molar-refractivity contribution is 5.85. The first-order valence-electron chi connectivity index (χ1n) is 9.62. The summed E-state index contributed by atoms with van der Waals surface area (Å²) >= 11 is 0. The normalized spacial score (nSPS) is 16.4. The summed E-state index contributed by atoms with van der Waals surface area (Å²) < 4.78 is 0. The molecule has 2 aromatic rings. The Morgan fingerprint density at radius 1 is 1.19 bits per heavy atom. The van der Waals surface area contributed by atoms with Crippen LogP contribution >= 0.6 is 0 Å². The van der Waals surface area contributed by atoms with E-state index in [0.717, 1.165) is 23.6 Å². The zero-order valence-corrected chi connectivity index (χ0v) is 16.6. The highest BCUT2D eigenvalue weighted by atomic mass is 16.3. The van der Waals surface area contributed by atoms with Crippen molar-refractivity contribution in [2.75, 3.05) is 23.9 Å². The number of aromatic nitrogens is 2. The number of rotatable bonds is 8. The number of benzene rings is 1. The van der Waals surface area contributed by atoms with Crippen LogP contribution in [0.15, 0.2) is 35.3 Å². The van der Waals surface area contributed by atoms with Crippen molar-refractivity contribution in [3.05, 3.63) is 41.6 Å². The van der Waals surface area contributed by atoms with Crippen molar-refractivity contribution in [2.45, 2.75) is 45.7 Å².